The molecule has 1 aromatic carbocycles. The van der Waals surface area contributed by atoms with E-state index >= 15 is 4.39 Å². The van der Waals surface area contributed by atoms with Crippen LogP contribution in [0.1, 0.15) is 19.3 Å². The van der Waals surface area contributed by atoms with E-state index in [1.807, 2.05) is 6.07 Å². The Balaban J connectivity index is 1.38. The molecule has 32 heavy (non-hydrogen) atoms. The lowest BCUT2D eigenvalue weighted by atomic mass is 9.51. The molecule has 5 rings (SSSR count). The molecular weight excluding hydrogens is 410 g/mol. The Morgan fingerprint density at radius 3 is 2.59 bits per heavy atom. The average Bonchev–Trinajstić information content (AvgIpc) is 3.37. The second-order valence-electron chi connectivity index (χ2n) is 9.05. The number of aromatic hydroxyl groups is 1. The normalized spacial score (nSPS) is 31.5. The molecule has 2 bridgehead atoms. The summed E-state index contributed by atoms with van der Waals surface area (Å²) >= 11 is 0. The van der Waals surface area contributed by atoms with Crippen molar-refractivity contribution in [2.75, 3.05) is 11.9 Å². The summed E-state index contributed by atoms with van der Waals surface area (Å²) in [5.41, 5.74) is 1.73. The molecule has 10 heteroatoms. The van der Waals surface area contributed by atoms with E-state index in [-0.39, 0.29) is 25.0 Å². The van der Waals surface area contributed by atoms with Gasteiger partial charge in [0.2, 0.25) is 0 Å². The zero-order valence-corrected chi connectivity index (χ0v) is 17.6. The third kappa shape index (κ3) is 3.27. The molecule has 1 N–H and O–H groups in total. The average molecular weight is 431 g/mol. The van der Waals surface area contributed by atoms with Gasteiger partial charge in [-0.1, -0.05) is 6.42 Å². The Hall–Kier alpha value is -2.90. The van der Waals surface area contributed by atoms with Gasteiger partial charge in [0.05, 0.1) is 45.6 Å². The Kier molecular flexibility index (Phi) is 4.80. The topological polar surface area (TPSA) is 67.1 Å². The fourth-order valence-electron chi connectivity index (χ4n) is 5.09. The van der Waals surface area contributed by atoms with Crippen LogP contribution in [0.2, 0.25) is 10.6 Å². The van der Waals surface area contributed by atoms with Gasteiger partial charge < -0.3 is 14.6 Å². The highest BCUT2D eigenvalue weighted by Crippen LogP contribution is 2.66. The third-order valence-corrected chi connectivity index (χ3v) is 6.89. The van der Waals surface area contributed by atoms with Gasteiger partial charge >= 0.3 is 0 Å². The quantitative estimate of drug-likeness (QED) is 0.642. The number of anilines is 1. The van der Waals surface area contributed by atoms with Crippen LogP contribution >= 0.6 is 0 Å². The summed E-state index contributed by atoms with van der Waals surface area (Å²) in [5, 5.41) is 16.5. The zero-order valence-electron chi connectivity index (χ0n) is 17.6. The molecule has 0 amide bonds. The number of alkyl halides is 2. The summed E-state index contributed by atoms with van der Waals surface area (Å²) in [7, 11) is 14.1. The lowest BCUT2D eigenvalue weighted by Gasteiger charge is -2.47. The fourth-order valence-corrected chi connectivity index (χ4v) is 5.09. The van der Waals surface area contributed by atoms with Gasteiger partial charge in [-0.3, -0.25) is 0 Å². The van der Waals surface area contributed by atoms with Crippen molar-refractivity contribution in [1.82, 2.24) is 19.7 Å². The zero-order chi connectivity index (χ0) is 22.7. The van der Waals surface area contributed by atoms with E-state index in [1.54, 1.807) is 59.5 Å². The molecular formula is C22H21B2F2N5O. The minimum atomic E-state index is -1.44. The van der Waals surface area contributed by atoms with Crippen molar-refractivity contribution >= 4 is 21.5 Å². The van der Waals surface area contributed by atoms with E-state index in [0.29, 0.717) is 17.1 Å². The summed E-state index contributed by atoms with van der Waals surface area (Å²) in [4.78, 5) is 5.62. The van der Waals surface area contributed by atoms with Crippen molar-refractivity contribution in [2.24, 2.45) is 0 Å². The van der Waals surface area contributed by atoms with Crippen molar-refractivity contribution in [3.8, 4) is 22.7 Å². The summed E-state index contributed by atoms with van der Waals surface area (Å²) in [5.74, 6) is 0.461. The van der Waals surface area contributed by atoms with Gasteiger partial charge in [0, 0.05) is 31.1 Å². The van der Waals surface area contributed by atoms with Crippen molar-refractivity contribution in [2.45, 2.75) is 48.3 Å². The van der Waals surface area contributed by atoms with Crippen LogP contribution in [0.5, 0.6) is 5.75 Å². The van der Waals surface area contributed by atoms with Gasteiger partial charge in [0.15, 0.2) is 5.82 Å². The number of nitrogens with zero attached hydrogens (tertiary/aromatic N) is 5. The number of benzene rings is 1. The number of hydrogen-bond donors (Lipinski definition) is 1. The van der Waals surface area contributed by atoms with Crippen LogP contribution in [-0.2, 0) is 0 Å². The monoisotopic (exact) mass is 431 g/mol. The molecule has 0 spiro atoms. The number of halogens is 2. The second kappa shape index (κ2) is 7.32. The first-order valence-corrected chi connectivity index (χ1v) is 10.4. The number of rotatable bonds is 4. The maximum Gasteiger partial charge on any atom is 0.151 e. The van der Waals surface area contributed by atoms with E-state index in [9.17, 15) is 9.50 Å². The van der Waals surface area contributed by atoms with Crippen molar-refractivity contribution < 1.29 is 13.9 Å². The Morgan fingerprint density at radius 1 is 1.12 bits per heavy atom. The molecule has 1 unspecified atom stereocenters. The van der Waals surface area contributed by atoms with Crippen molar-refractivity contribution in [3.63, 3.8) is 0 Å². The van der Waals surface area contributed by atoms with Gasteiger partial charge in [-0.05, 0) is 47.7 Å². The van der Waals surface area contributed by atoms with Crippen LogP contribution in [0.4, 0.5) is 14.6 Å². The van der Waals surface area contributed by atoms with Crippen molar-refractivity contribution in [3.05, 3.63) is 49.1 Å². The van der Waals surface area contributed by atoms with Crippen LogP contribution in [0.15, 0.2) is 49.1 Å². The first-order valence-electron chi connectivity index (χ1n) is 10.4. The van der Waals surface area contributed by atoms with Gasteiger partial charge in [-0.15, -0.1) is 10.2 Å². The standard InChI is InChI=1S/C22H21B2F2N5O/c1-30(16-9-21(23)11-22(24,20(16)26)10-18(21)25)19-5-4-15(28-29-19)14-3-2-13(8-17(14)32)31-7-6-27-12-31/h2-8,12,16,18,20,32H,9-11H2,1H3/t16-,18?,20+,21+,22+/m1/s1. The largest absolute Gasteiger partial charge is 0.507 e. The van der Waals surface area contributed by atoms with Crippen LogP contribution in [-0.4, -0.2) is 66.0 Å². The molecule has 2 heterocycles. The maximum atomic E-state index is 15.3. The van der Waals surface area contributed by atoms with Crippen LogP contribution in [0.3, 0.4) is 0 Å². The van der Waals surface area contributed by atoms with E-state index in [1.165, 1.54) is 0 Å². The molecule has 160 valence electrons. The molecule has 2 aliphatic carbocycles. The number of phenolic OH excluding ortho intramolecular Hbond substituents is 1. The second-order valence-corrected chi connectivity index (χ2v) is 9.05. The number of aromatic nitrogens is 4. The van der Waals surface area contributed by atoms with E-state index < -0.39 is 29.0 Å². The highest BCUT2D eigenvalue weighted by Gasteiger charge is 2.60. The Morgan fingerprint density at radius 2 is 1.94 bits per heavy atom. The minimum Gasteiger partial charge on any atom is -0.507 e. The first kappa shape index (κ1) is 21.0. The molecule has 2 fully saturated rings. The lowest BCUT2D eigenvalue weighted by molar-refractivity contribution is 0.157. The van der Waals surface area contributed by atoms with E-state index in [2.05, 4.69) is 15.2 Å². The van der Waals surface area contributed by atoms with Crippen molar-refractivity contribution in [1.29, 1.82) is 0 Å². The third-order valence-electron chi connectivity index (χ3n) is 6.89. The number of hydrogen-bond acceptors (Lipinski definition) is 5. The Bertz CT molecular complexity index is 1130. The molecule has 4 radical (unpaired) electrons. The van der Waals surface area contributed by atoms with Gasteiger partial charge in [-0.25, -0.2) is 13.8 Å². The van der Waals surface area contributed by atoms with Crippen LogP contribution in [0.25, 0.3) is 16.9 Å². The summed E-state index contributed by atoms with van der Waals surface area (Å²) < 4.78 is 31.5. The number of fused-ring (bicyclic) bond motifs is 2. The highest BCUT2D eigenvalue weighted by molar-refractivity contribution is 6.21. The number of phenols is 1. The lowest BCUT2D eigenvalue weighted by Crippen LogP contribution is -2.50. The maximum absolute atomic E-state index is 15.3. The highest BCUT2D eigenvalue weighted by atomic mass is 19.1. The summed E-state index contributed by atoms with van der Waals surface area (Å²) in [6, 6.07) is 7.87. The molecule has 0 aliphatic heterocycles. The summed E-state index contributed by atoms with van der Waals surface area (Å²) in [6.45, 7) is 0. The van der Waals surface area contributed by atoms with Gasteiger partial charge in [-0.2, -0.15) is 0 Å². The Labute approximate surface area is 187 Å². The van der Waals surface area contributed by atoms with Gasteiger partial charge in [0.25, 0.3) is 0 Å². The molecule has 2 aliphatic rings. The predicted molar refractivity (Wildman–Crippen MR) is 119 cm³/mol. The molecule has 3 aromatic rings. The molecule has 5 atom stereocenters. The van der Waals surface area contributed by atoms with E-state index in [4.69, 9.17) is 15.7 Å². The smallest absolute Gasteiger partial charge is 0.151 e. The number of imidazole rings is 1. The predicted octanol–water partition coefficient (Wildman–Crippen LogP) is 3.37. The minimum absolute atomic E-state index is 0.0448. The summed E-state index contributed by atoms with van der Waals surface area (Å²) in [6.07, 6.45) is 2.49. The van der Waals surface area contributed by atoms with Gasteiger partial charge in [0.1, 0.15) is 11.9 Å². The molecule has 2 aromatic heterocycles. The fraction of sp³-hybridized carbons (Fsp3) is 0.409. The van der Waals surface area contributed by atoms with E-state index in [0.717, 1.165) is 5.69 Å². The SMILES string of the molecule is [B][C@]12C[C@@H](N(C)c3ccc(-c4ccc(-n5ccnc5)cc4O)nn3)[C@H](F)[C@]([B])(CC1F)C2. The van der Waals surface area contributed by atoms with Crippen LogP contribution < -0.4 is 4.90 Å². The molecule has 0 saturated heterocycles. The molecule has 6 nitrogen and oxygen atoms in total. The van der Waals surface area contributed by atoms with Crippen LogP contribution in [0, 0.1) is 0 Å². The molecule has 2 saturated carbocycles. The first-order chi connectivity index (χ1) is 15.2.